The van der Waals surface area contributed by atoms with Gasteiger partial charge in [-0.1, -0.05) is 42.2 Å². The minimum absolute atomic E-state index is 0.0229. The van der Waals surface area contributed by atoms with Crippen LogP contribution in [0, 0.1) is 11.8 Å². The summed E-state index contributed by atoms with van der Waals surface area (Å²) in [6.45, 7) is 3.72. The van der Waals surface area contributed by atoms with Crippen molar-refractivity contribution < 1.29 is 19.1 Å². The van der Waals surface area contributed by atoms with Gasteiger partial charge in [0.15, 0.2) is 0 Å². The number of fused-ring (bicyclic) bond motifs is 1. The van der Waals surface area contributed by atoms with Gasteiger partial charge in [0.1, 0.15) is 29.8 Å². The van der Waals surface area contributed by atoms with Crippen molar-refractivity contribution in [3.8, 4) is 17.6 Å². The van der Waals surface area contributed by atoms with E-state index in [0.717, 1.165) is 5.56 Å². The van der Waals surface area contributed by atoms with E-state index in [-0.39, 0.29) is 18.3 Å². The summed E-state index contributed by atoms with van der Waals surface area (Å²) in [4.78, 5) is 31.6. The summed E-state index contributed by atoms with van der Waals surface area (Å²) in [5.74, 6) is 6.29. The van der Waals surface area contributed by atoms with Gasteiger partial charge >= 0.3 is 0 Å². The summed E-state index contributed by atoms with van der Waals surface area (Å²) in [7, 11) is 3.24. The Morgan fingerprint density at radius 2 is 2.06 bits per heavy atom. The highest BCUT2D eigenvalue weighted by atomic mass is 16.5. The number of carbonyl (C=O) groups excluding carboxylic acids is 2. The Hall–Kier alpha value is -4.16. The van der Waals surface area contributed by atoms with Crippen molar-refractivity contribution in [2.75, 3.05) is 25.7 Å². The van der Waals surface area contributed by atoms with Crippen LogP contribution in [0.15, 0.2) is 48.5 Å². The maximum Gasteiger partial charge on any atom is 0.291 e. The number of aromatic nitrogens is 3. The van der Waals surface area contributed by atoms with Crippen molar-refractivity contribution in [1.29, 1.82) is 0 Å². The SMILES string of the molecule is COC(C)(C)C#Cc1ccc2c(c1)N(C)C(=O)[C@@H](NC(=O)c1n[nH]c(Cc3ccccc3)n1)CO2. The van der Waals surface area contributed by atoms with Crippen LogP contribution in [0.2, 0.25) is 0 Å². The number of benzene rings is 2. The lowest BCUT2D eigenvalue weighted by Crippen LogP contribution is -2.49. The molecule has 1 aliphatic rings. The number of amides is 2. The van der Waals surface area contributed by atoms with Crippen LogP contribution in [0.1, 0.15) is 41.4 Å². The third-order valence-corrected chi connectivity index (χ3v) is 5.63. The van der Waals surface area contributed by atoms with Gasteiger partial charge in [0, 0.05) is 26.1 Å². The molecule has 2 N–H and O–H groups in total. The maximum atomic E-state index is 13.1. The van der Waals surface area contributed by atoms with Gasteiger partial charge < -0.3 is 19.7 Å². The number of ether oxygens (including phenoxy) is 2. The first-order valence-corrected chi connectivity index (χ1v) is 11.1. The van der Waals surface area contributed by atoms with Crippen LogP contribution in [0.4, 0.5) is 5.69 Å². The topological polar surface area (TPSA) is 109 Å². The number of hydrogen-bond donors (Lipinski definition) is 2. The molecular weight excluding hydrogens is 446 g/mol. The average Bonchev–Trinajstić information content (AvgIpc) is 3.29. The van der Waals surface area contributed by atoms with Crippen LogP contribution >= 0.6 is 0 Å². The van der Waals surface area contributed by atoms with Gasteiger partial charge in [0.25, 0.3) is 11.8 Å². The summed E-state index contributed by atoms with van der Waals surface area (Å²) in [6, 6.07) is 14.2. The zero-order chi connectivity index (χ0) is 25.0. The van der Waals surface area contributed by atoms with Gasteiger partial charge in [-0.3, -0.25) is 14.7 Å². The van der Waals surface area contributed by atoms with Crippen LogP contribution in [0.25, 0.3) is 0 Å². The van der Waals surface area contributed by atoms with Gasteiger partial charge in [-0.05, 0) is 37.6 Å². The van der Waals surface area contributed by atoms with Gasteiger partial charge in [-0.25, -0.2) is 4.98 Å². The lowest BCUT2D eigenvalue weighted by Gasteiger charge is -2.20. The van der Waals surface area contributed by atoms with E-state index in [1.54, 1.807) is 26.3 Å². The first-order valence-electron chi connectivity index (χ1n) is 11.1. The standard InChI is InChI=1S/C26H27N5O4/c1-26(2,34-4)13-12-18-10-11-21-20(14-18)31(3)25(33)19(16-35-21)27-24(32)23-28-22(29-30-23)15-17-8-6-5-7-9-17/h5-11,14,19H,15-16H2,1-4H3,(H,27,32)(H,28,29,30)/t19-/m0/s1. The second-order valence-electron chi connectivity index (χ2n) is 8.65. The molecule has 3 aromatic rings. The summed E-state index contributed by atoms with van der Waals surface area (Å²) in [5, 5.41) is 9.48. The number of carbonyl (C=O) groups is 2. The fraction of sp³-hybridized carbons (Fsp3) is 0.308. The van der Waals surface area contributed by atoms with Crippen LogP contribution in [0.5, 0.6) is 5.75 Å². The molecule has 0 spiro atoms. The summed E-state index contributed by atoms with van der Waals surface area (Å²) in [6.07, 6.45) is 0.511. The number of rotatable bonds is 5. The molecule has 0 fully saturated rings. The second kappa shape index (κ2) is 9.99. The number of nitrogens with zero attached hydrogens (tertiary/aromatic N) is 3. The Morgan fingerprint density at radius 1 is 1.29 bits per heavy atom. The molecule has 1 atom stereocenters. The molecular formula is C26H27N5O4. The van der Waals surface area contributed by atoms with Crippen molar-refractivity contribution in [2.24, 2.45) is 0 Å². The third kappa shape index (κ3) is 5.67. The monoisotopic (exact) mass is 473 g/mol. The summed E-state index contributed by atoms with van der Waals surface area (Å²) >= 11 is 0. The Labute approximate surface area is 203 Å². The second-order valence-corrected chi connectivity index (χ2v) is 8.65. The van der Waals surface area contributed by atoms with Crippen LogP contribution < -0.4 is 15.0 Å². The van der Waals surface area contributed by atoms with E-state index in [0.29, 0.717) is 29.2 Å². The zero-order valence-electron chi connectivity index (χ0n) is 20.1. The smallest absolute Gasteiger partial charge is 0.291 e. The summed E-state index contributed by atoms with van der Waals surface area (Å²) in [5.41, 5.74) is 1.72. The molecule has 2 aromatic carbocycles. The lowest BCUT2D eigenvalue weighted by molar-refractivity contribution is -0.120. The van der Waals surface area contributed by atoms with Gasteiger partial charge in [0.2, 0.25) is 5.82 Å². The highest BCUT2D eigenvalue weighted by Crippen LogP contribution is 2.31. The molecule has 180 valence electrons. The fourth-order valence-corrected chi connectivity index (χ4v) is 3.44. The molecule has 9 heteroatoms. The van der Waals surface area contributed by atoms with E-state index in [4.69, 9.17) is 9.47 Å². The first-order chi connectivity index (χ1) is 16.8. The molecule has 2 amide bonds. The number of aromatic amines is 1. The first kappa shape index (κ1) is 24.0. The van der Waals surface area contributed by atoms with Crippen molar-refractivity contribution >= 4 is 17.5 Å². The number of methoxy groups -OCH3 is 1. The van der Waals surface area contributed by atoms with Crippen molar-refractivity contribution in [3.05, 3.63) is 71.3 Å². The Morgan fingerprint density at radius 3 is 2.80 bits per heavy atom. The van der Waals surface area contributed by atoms with Crippen molar-refractivity contribution in [1.82, 2.24) is 20.5 Å². The highest BCUT2D eigenvalue weighted by Gasteiger charge is 2.31. The number of hydrogen-bond acceptors (Lipinski definition) is 6. The molecule has 35 heavy (non-hydrogen) atoms. The largest absolute Gasteiger partial charge is 0.489 e. The Balaban J connectivity index is 1.46. The van der Waals surface area contributed by atoms with Crippen LogP contribution in [0.3, 0.4) is 0 Å². The van der Waals surface area contributed by atoms with E-state index < -0.39 is 17.6 Å². The minimum Gasteiger partial charge on any atom is -0.489 e. The maximum absolute atomic E-state index is 13.1. The molecule has 1 aromatic heterocycles. The quantitative estimate of drug-likeness (QED) is 0.551. The van der Waals surface area contributed by atoms with E-state index in [9.17, 15) is 9.59 Å². The number of H-pyrrole nitrogens is 1. The normalized spacial score (nSPS) is 15.4. The average molecular weight is 474 g/mol. The van der Waals surface area contributed by atoms with Crippen LogP contribution in [-0.2, 0) is 16.0 Å². The molecule has 9 nitrogen and oxygen atoms in total. The van der Waals surface area contributed by atoms with Gasteiger partial charge in [-0.2, -0.15) is 0 Å². The lowest BCUT2D eigenvalue weighted by atomic mass is 10.1. The van der Waals surface area contributed by atoms with Crippen LogP contribution in [-0.4, -0.2) is 59.4 Å². The van der Waals surface area contributed by atoms with E-state index in [1.807, 2.05) is 50.2 Å². The molecule has 0 aliphatic carbocycles. The molecule has 0 bridgehead atoms. The Kier molecular flexibility index (Phi) is 6.85. The molecule has 4 rings (SSSR count). The zero-order valence-corrected chi connectivity index (χ0v) is 20.1. The molecule has 2 heterocycles. The highest BCUT2D eigenvalue weighted by molar-refractivity contribution is 6.02. The molecule has 0 saturated heterocycles. The predicted octanol–water partition coefficient (Wildman–Crippen LogP) is 2.33. The third-order valence-electron chi connectivity index (χ3n) is 5.63. The Bertz CT molecular complexity index is 1290. The molecule has 0 unspecified atom stereocenters. The van der Waals surface area contributed by atoms with Gasteiger partial charge in [0.05, 0.1) is 5.69 Å². The van der Waals surface area contributed by atoms with Crippen molar-refractivity contribution in [3.63, 3.8) is 0 Å². The molecule has 0 radical (unpaired) electrons. The minimum atomic E-state index is -0.905. The van der Waals surface area contributed by atoms with Crippen molar-refractivity contribution in [2.45, 2.75) is 31.9 Å². The fourth-order valence-electron chi connectivity index (χ4n) is 3.44. The number of anilines is 1. The molecule has 0 saturated carbocycles. The van der Waals surface area contributed by atoms with Gasteiger partial charge in [-0.15, -0.1) is 5.10 Å². The van der Waals surface area contributed by atoms with E-state index >= 15 is 0 Å². The number of nitrogens with one attached hydrogen (secondary N) is 2. The molecule has 1 aliphatic heterocycles. The predicted molar refractivity (Wildman–Crippen MR) is 130 cm³/mol. The van der Waals surface area contributed by atoms with E-state index in [1.165, 1.54) is 4.90 Å². The van der Waals surface area contributed by atoms with E-state index in [2.05, 4.69) is 32.3 Å². The summed E-state index contributed by atoms with van der Waals surface area (Å²) < 4.78 is 11.2. The number of likely N-dealkylation sites (N-methyl/N-ethyl adjacent to an activating group) is 1.